The van der Waals surface area contributed by atoms with Crippen LogP contribution in [0.1, 0.15) is 55.6 Å². The van der Waals surface area contributed by atoms with Crippen molar-refractivity contribution in [1.29, 1.82) is 0 Å². The van der Waals surface area contributed by atoms with Gasteiger partial charge < -0.3 is 5.32 Å². The van der Waals surface area contributed by atoms with Crippen LogP contribution in [0.3, 0.4) is 0 Å². The number of aromatic nitrogens is 4. The lowest BCUT2D eigenvalue weighted by atomic mass is 9.99. The van der Waals surface area contributed by atoms with Gasteiger partial charge in [0.2, 0.25) is 0 Å². The first-order valence-corrected chi connectivity index (χ1v) is 8.45. The number of carbonyl (C=O) groups excluding carboxylic acids is 1. The lowest BCUT2D eigenvalue weighted by Gasteiger charge is -2.15. The van der Waals surface area contributed by atoms with Gasteiger partial charge in [0.1, 0.15) is 0 Å². The Kier molecular flexibility index (Phi) is 6.28. The second-order valence-corrected chi connectivity index (χ2v) is 5.96. The highest BCUT2D eigenvalue weighted by Crippen LogP contribution is 2.14. The molecule has 2 rings (SSSR count). The summed E-state index contributed by atoms with van der Waals surface area (Å²) in [6.45, 7) is 6.81. The van der Waals surface area contributed by atoms with Crippen molar-refractivity contribution >= 4 is 5.91 Å². The number of carbonyl (C=O) groups is 1. The normalized spacial score (nSPS) is 12.1. The first kappa shape index (κ1) is 17.9. The molecule has 130 valence electrons. The summed E-state index contributed by atoms with van der Waals surface area (Å²) in [7, 11) is 0. The minimum absolute atomic E-state index is 0.127. The van der Waals surface area contributed by atoms with E-state index in [1.54, 1.807) is 10.7 Å². The monoisotopic (exact) mass is 331 g/mol. The molecule has 0 radical (unpaired) electrons. The van der Waals surface area contributed by atoms with Crippen LogP contribution in [0.2, 0.25) is 0 Å². The molecule has 0 aliphatic carbocycles. The second-order valence-electron chi connectivity index (χ2n) is 5.96. The number of unbranched alkanes of at least 4 members (excludes halogenated alkanes) is 1. The van der Waals surface area contributed by atoms with Gasteiger partial charge in [-0.2, -0.15) is 10.2 Å². The first-order valence-electron chi connectivity index (χ1n) is 8.45. The van der Waals surface area contributed by atoms with Crippen LogP contribution < -0.4 is 10.9 Å². The molecule has 7 nitrogen and oxygen atoms in total. The fourth-order valence-corrected chi connectivity index (χ4v) is 2.59. The van der Waals surface area contributed by atoms with Crippen LogP contribution in [0.5, 0.6) is 0 Å². The summed E-state index contributed by atoms with van der Waals surface area (Å²) in [6, 6.07) is 2.95. The highest BCUT2D eigenvalue weighted by atomic mass is 16.1. The fraction of sp³-hybridized carbons (Fsp3) is 0.529. The molecular formula is C17H25N5O2. The SMILES string of the molecule is CCCCC(CC)CNC(=O)c1cnn(-c2ccc(=O)[nH]n2)c1C. The van der Waals surface area contributed by atoms with E-state index in [9.17, 15) is 9.59 Å². The van der Waals surface area contributed by atoms with Gasteiger partial charge in [-0.05, 0) is 25.3 Å². The molecular weight excluding hydrogens is 306 g/mol. The highest BCUT2D eigenvalue weighted by Gasteiger charge is 2.16. The molecule has 0 saturated carbocycles. The van der Waals surface area contributed by atoms with Crippen LogP contribution in [0, 0.1) is 12.8 Å². The molecule has 0 bridgehead atoms. The van der Waals surface area contributed by atoms with Gasteiger partial charge in [0.15, 0.2) is 5.82 Å². The lowest BCUT2D eigenvalue weighted by Crippen LogP contribution is -2.29. The molecule has 0 fully saturated rings. The topological polar surface area (TPSA) is 92.7 Å². The maximum atomic E-state index is 12.4. The number of nitrogens with one attached hydrogen (secondary N) is 2. The summed E-state index contributed by atoms with van der Waals surface area (Å²) < 4.78 is 1.54. The number of hydrogen-bond donors (Lipinski definition) is 2. The van der Waals surface area contributed by atoms with E-state index in [1.165, 1.54) is 25.1 Å². The van der Waals surface area contributed by atoms with Gasteiger partial charge in [-0.15, -0.1) is 0 Å². The molecule has 1 amide bonds. The minimum atomic E-state index is -0.279. The van der Waals surface area contributed by atoms with Gasteiger partial charge in [-0.1, -0.05) is 33.1 Å². The molecule has 2 N–H and O–H groups in total. The Hall–Kier alpha value is -2.44. The summed E-state index contributed by atoms with van der Waals surface area (Å²) in [5.41, 5.74) is 0.932. The Morgan fingerprint density at radius 1 is 1.38 bits per heavy atom. The first-order chi connectivity index (χ1) is 11.6. The summed E-state index contributed by atoms with van der Waals surface area (Å²) >= 11 is 0. The van der Waals surface area contributed by atoms with Crippen LogP contribution in [0.25, 0.3) is 5.82 Å². The molecule has 1 atom stereocenters. The van der Waals surface area contributed by atoms with Crippen molar-refractivity contribution in [2.45, 2.75) is 46.5 Å². The van der Waals surface area contributed by atoms with Crippen LogP contribution in [0.15, 0.2) is 23.1 Å². The van der Waals surface area contributed by atoms with E-state index in [1.807, 2.05) is 6.92 Å². The van der Waals surface area contributed by atoms with Gasteiger partial charge in [0.05, 0.1) is 17.5 Å². The van der Waals surface area contributed by atoms with Crippen molar-refractivity contribution < 1.29 is 4.79 Å². The molecule has 1 unspecified atom stereocenters. The summed E-state index contributed by atoms with van der Waals surface area (Å²) in [5.74, 6) is 0.851. The van der Waals surface area contributed by atoms with Crippen molar-refractivity contribution in [3.05, 3.63) is 39.9 Å². The molecule has 0 aromatic carbocycles. The van der Waals surface area contributed by atoms with Crippen molar-refractivity contribution in [3.63, 3.8) is 0 Å². The molecule has 0 spiro atoms. The van der Waals surface area contributed by atoms with Crippen LogP contribution in [-0.2, 0) is 0 Å². The molecule has 0 aliphatic rings. The molecule has 2 heterocycles. The van der Waals surface area contributed by atoms with Crippen molar-refractivity contribution in [2.24, 2.45) is 5.92 Å². The summed E-state index contributed by atoms with van der Waals surface area (Å²) in [6.07, 6.45) is 6.07. The number of hydrogen-bond acceptors (Lipinski definition) is 4. The van der Waals surface area contributed by atoms with E-state index in [0.717, 1.165) is 12.8 Å². The van der Waals surface area contributed by atoms with Gasteiger partial charge in [0.25, 0.3) is 11.5 Å². The Morgan fingerprint density at radius 2 is 2.17 bits per heavy atom. The Balaban J connectivity index is 2.05. The fourth-order valence-electron chi connectivity index (χ4n) is 2.59. The number of amides is 1. The molecule has 0 aliphatic heterocycles. The second kappa shape index (κ2) is 8.42. The zero-order chi connectivity index (χ0) is 17.5. The smallest absolute Gasteiger partial charge is 0.264 e. The van der Waals surface area contributed by atoms with Crippen LogP contribution in [0.4, 0.5) is 0 Å². The average Bonchev–Trinajstić information content (AvgIpc) is 2.97. The van der Waals surface area contributed by atoms with Gasteiger partial charge in [-0.3, -0.25) is 9.59 Å². The van der Waals surface area contributed by atoms with Crippen LogP contribution in [-0.4, -0.2) is 32.4 Å². The Bertz CT molecular complexity index is 714. The number of rotatable bonds is 8. The molecule has 2 aromatic heterocycles. The van der Waals surface area contributed by atoms with E-state index < -0.39 is 0 Å². The molecule has 7 heteroatoms. The summed E-state index contributed by atoms with van der Waals surface area (Å²) in [5, 5.41) is 13.5. The van der Waals surface area contributed by atoms with Crippen LogP contribution >= 0.6 is 0 Å². The van der Waals surface area contributed by atoms with E-state index in [0.29, 0.717) is 29.5 Å². The Morgan fingerprint density at radius 3 is 2.79 bits per heavy atom. The largest absolute Gasteiger partial charge is 0.352 e. The minimum Gasteiger partial charge on any atom is -0.352 e. The third-order valence-electron chi connectivity index (χ3n) is 4.23. The van der Waals surface area contributed by atoms with E-state index >= 15 is 0 Å². The number of aromatic amines is 1. The van der Waals surface area contributed by atoms with Gasteiger partial charge >= 0.3 is 0 Å². The number of nitrogens with zero attached hydrogens (tertiary/aromatic N) is 3. The summed E-state index contributed by atoms with van der Waals surface area (Å²) in [4.78, 5) is 23.5. The molecule has 24 heavy (non-hydrogen) atoms. The zero-order valence-corrected chi connectivity index (χ0v) is 14.5. The van der Waals surface area contributed by atoms with E-state index in [4.69, 9.17) is 0 Å². The highest BCUT2D eigenvalue weighted by molar-refractivity contribution is 5.95. The van der Waals surface area contributed by atoms with E-state index in [2.05, 4.69) is 34.5 Å². The molecule has 0 saturated heterocycles. The predicted molar refractivity (Wildman–Crippen MR) is 92.4 cm³/mol. The van der Waals surface area contributed by atoms with Crippen molar-refractivity contribution in [3.8, 4) is 5.82 Å². The Labute approximate surface area is 141 Å². The zero-order valence-electron chi connectivity index (χ0n) is 14.5. The third-order valence-corrected chi connectivity index (χ3v) is 4.23. The number of H-pyrrole nitrogens is 1. The lowest BCUT2D eigenvalue weighted by molar-refractivity contribution is 0.0945. The van der Waals surface area contributed by atoms with Crippen molar-refractivity contribution in [1.82, 2.24) is 25.3 Å². The van der Waals surface area contributed by atoms with E-state index in [-0.39, 0.29) is 11.5 Å². The molecule has 2 aromatic rings. The maximum Gasteiger partial charge on any atom is 0.264 e. The average molecular weight is 331 g/mol. The van der Waals surface area contributed by atoms with Gasteiger partial charge in [0, 0.05) is 12.6 Å². The third kappa shape index (κ3) is 4.31. The van der Waals surface area contributed by atoms with Crippen molar-refractivity contribution in [2.75, 3.05) is 6.54 Å². The quantitative estimate of drug-likeness (QED) is 0.775. The maximum absolute atomic E-state index is 12.4. The standard InChI is InChI=1S/C17H25N5O2/c1-4-6-7-13(5-2)10-18-17(24)14-11-19-22(12(14)3)15-8-9-16(23)21-20-15/h8-9,11,13H,4-7,10H2,1-3H3,(H,18,24)(H,21,23). The van der Waals surface area contributed by atoms with Gasteiger partial charge in [-0.25, -0.2) is 9.78 Å². The predicted octanol–water partition coefficient (Wildman–Crippen LogP) is 2.21.